The molecular weight excluding hydrogens is 302 g/mol. The lowest BCUT2D eigenvalue weighted by atomic mass is 10.1. The molecule has 2 aliphatic rings. The van der Waals surface area contributed by atoms with E-state index < -0.39 is 0 Å². The van der Waals surface area contributed by atoms with E-state index in [1.165, 1.54) is 0 Å². The molecule has 2 saturated heterocycles. The number of β-amino-alcohol motifs (C(OH)–C–C–N with tert-alkyl or cyclic N) is 1. The second kappa shape index (κ2) is 7.05. The molecule has 1 unspecified atom stereocenters. The second-order valence-electron chi connectivity index (χ2n) is 6.80. The highest BCUT2D eigenvalue weighted by molar-refractivity contribution is 5.80. The van der Waals surface area contributed by atoms with E-state index in [0.717, 1.165) is 62.4 Å². The molecule has 0 spiro atoms. The van der Waals surface area contributed by atoms with Gasteiger partial charge in [0.05, 0.1) is 11.6 Å². The summed E-state index contributed by atoms with van der Waals surface area (Å²) >= 11 is 0. The van der Waals surface area contributed by atoms with Crippen LogP contribution in [0.1, 0.15) is 12.8 Å². The Morgan fingerprint density at radius 2 is 1.83 bits per heavy atom. The maximum absolute atomic E-state index is 10.5. The number of rotatable bonds is 2. The van der Waals surface area contributed by atoms with Gasteiger partial charge in [-0.3, -0.25) is 4.90 Å². The fourth-order valence-corrected chi connectivity index (χ4v) is 3.84. The minimum Gasteiger partial charge on any atom is -0.390 e. The molecular formula is C19H25N3O2. The number of aliphatic hydroxyl groups excluding tert-OH is 1. The monoisotopic (exact) mass is 327 g/mol. The van der Waals surface area contributed by atoms with Crippen molar-refractivity contribution in [2.75, 3.05) is 44.3 Å². The van der Waals surface area contributed by atoms with Crippen LogP contribution < -0.4 is 4.90 Å². The summed E-state index contributed by atoms with van der Waals surface area (Å²) in [6.45, 7) is 4.94. The molecule has 1 aromatic heterocycles. The van der Waals surface area contributed by atoms with Gasteiger partial charge in [0.2, 0.25) is 0 Å². The van der Waals surface area contributed by atoms with E-state index in [0.29, 0.717) is 12.6 Å². The van der Waals surface area contributed by atoms with E-state index in [4.69, 9.17) is 9.72 Å². The summed E-state index contributed by atoms with van der Waals surface area (Å²) in [5.41, 5.74) is 1.01. The van der Waals surface area contributed by atoms with Crippen molar-refractivity contribution in [2.24, 2.45) is 0 Å². The number of aromatic nitrogens is 1. The van der Waals surface area contributed by atoms with Gasteiger partial charge in [-0.05, 0) is 31.0 Å². The summed E-state index contributed by atoms with van der Waals surface area (Å²) in [4.78, 5) is 9.45. The molecule has 2 fully saturated rings. The van der Waals surface area contributed by atoms with Crippen molar-refractivity contribution in [1.82, 2.24) is 9.88 Å². The number of hydrogen-bond acceptors (Lipinski definition) is 5. The summed E-state index contributed by atoms with van der Waals surface area (Å²) in [5, 5.41) is 11.6. The Hall–Kier alpha value is -1.69. The van der Waals surface area contributed by atoms with E-state index >= 15 is 0 Å². The molecule has 2 aromatic rings. The number of para-hydroxylation sites is 1. The summed E-state index contributed by atoms with van der Waals surface area (Å²) in [6, 6.07) is 12.9. The highest BCUT2D eigenvalue weighted by atomic mass is 16.5. The largest absolute Gasteiger partial charge is 0.390 e. The molecule has 0 amide bonds. The van der Waals surface area contributed by atoms with Crippen LogP contribution in [-0.4, -0.2) is 66.5 Å². The lowest BCUT2D eigenvalue weighted by Crippen LogP contribution is -2.43. The Bertz CT molecular complexity index is 687. The zero-order valence-corrected chi connectivity index (χ0v) is 14.0. The third-order valence-corrected chi connectivity index (χ3v) is 5.15. The molecule has 2 aliphatic heterocycles. The summed E-state index contributed by atoms with van der Waals surface area (Å²) in [5.74, 6) is 0.960. The molecule has 0 radical (unpaired) electrons. The Labute approximate surface area is 142 Å². The zero-order valence-electron chi connectivity index (χ0n) is 14.0. The van der Waals surface area contributed by atoms with Crippen molar-refractivity contribution in [3.63, 3.8) is 0 Å². The van der Waals surface area contributed by atoms with Crippen molar-refractivity contribution in [1.29, 1.82) is 0 Å². The first-order chi connectivity index (χ1) is 11.8. The normalized spacial score (nSPS) is 24.2. The number of aliphatic hydroxyl groups is 1. The van der Waals surface area contributed by atoms with E-state index in [2.05, 4.69) is 28.0 Å². The Morgan fingerprint density at radius 1 is 1.00 bits per heavy atom. The van der Waals surface area contributed by atoms with E-state index in [9.17, 15) is 5.11 Å². The average Bonchev–Trinajstić information content (AvgIpc) is 2.84. The van der Waals surface area contributed by atoms with E-state index in [1.54, 1.807) is 0 Å². The summed E-state index contributed by atoms with van der Waals surface area (Å²) < 4.78 is 5.47. The number of hydrogen-bond donors (Lipinski definition) is 1. The van der Waals surface area contributed by atoms with Gasteiger partial charge in [0.1, 0.15) is 5.82 Å². The van der Waals surface area contributed by atoms with Crippen LogP contribution in [-0.2, 0) is 4.74 Å². The molecule has 5 nitrogen and oxygen atoms in total. The minimum atomic E-state index is -0.344. The highest BCUT2D eigenvalue weighted by Crippen LogP contribution is 2.21. The van der Waals surface area contributed by atoms with Crippen molar-refractivity contribution < 1.29 is 9.84 Å². The highest BCUT2D eigenvalue weighted by Gasteiger charge is 2.28. The molecule has 5 heteroatoms. The van der Waals surface area contributed by atoms with Crippen LogP contribution in [0.2, 0.25) is 0 Å². The average molecular weight is 327 g/mol. The molecule has 3 heterocycles. The predicted molar refractivity (Wildman–Crippen MR) is 95.4 cm³/mol. The van der Waals surface area contributed by atoms with Gasteiger partial charge >= 0.3 is 0 Å². The zero-order chi connectivity index (χ0) is 16.4. The number of pyridine rings is 1. The number of nitrogens with zero attached hydrogens (tertiary/aromatic N) is 3. The number of ether oxygens (including phenoxy) is 1. The first-order valence-electron chi connectivity index (χ1n) is 8.90. The maximum Gasteiger partial charge on any atom is 0.129 e. The number of fused-ring (bicyclic) bond motifs is 1. The second-order valence-corrected chi connectivity index (χ2v) is 6.80. The Balaban J connectivity index is 1.51. The van der Waals surface area contributed by atoms with Crippen molar-refractivity contribution >= 4 is 16.7 Å². The van der Waals surface area contributed by atoms with Gasteiger partial charge in [-0.25, -0.2) is 4.98 Å². The first-order valence-corrected chi connectivity index (χ1v) is 8.90. The lowest BCUT2D eigenvalue weighted by Gasteiger charge is -2.33. The van der Waals surface area contributed by atoms with Crippen LogP contribution in [0.4, 0.5) is 5.82 Å². The smallest absolute Gasteiger partial charge is 0.129 e. The van der Waals surface area contributed by atoms with Gasteiger partial charge in [-0.2, -0.15) is 0 Å². The molecule has 0 aliphatic carbocycles. The van der Waals surface area contributed by atoms with Crippen LogP contribution in [0.25, 0.3) is 10.9 Å². The molecule has 128 valence electrons. The fourth-order valence-electron chi connectivity index (χ4n) is 3.84. The quantitative estimate of drug-likeness (QED) is 0.913. The van der Waals surface area contributed by atoms with Crippen molar-refractivity contribution in [2.45, 2.75) is 25.0 Å². The van der Waals surface area contributed by atoms with Gasteiger partial charge < -0.3 is 14.7 Å². The Morgan fingerprint density at radius 3 is 2.71 bits per heavy atom. The third-order valence-electron chi connectivity index (χ3n) is 5.15. The van der Waals surface area contributed by atoms with Gasteiger partial charge in [0.15, 0.2) is 0 Å². The molecule has 24 heavy (non-hydrogen) atoms. The van der Waals surface area contributed by atoms with Crippen LogP contribution in [0.5, 0.6) is 0 Å². The predicted octanol–water partition coefficient (Wildman–Crippen LogP) is 1.90. The molecule has 1 N–H and O–H groups in total. The van der Waals surface area contributed by atoms with E-state index in [1.807, 2.05) is 18.2 Å². The topological polar surface area (TPSA) is 48.8 Å². The van der Waals surface area contributed by atoms with Gasteiger partial charge in [-0.15, -0.1) is 0 Å². The Kier molecular flexibility index (Phi) is 4.65. The van der Waals surface area contributed by atoms with Gasteiger partial charge in [0, 0.05) is 50.8 Å². The van der Waals surface area contributed by atoms with Gasteiger partial charge in [-0.1, -0.05) is 18.2 Å². The maximum atomic E-state index is 10.5. The minimum absolute atomic E-state index is 0.344. The summed E-state index contributed by atoms with van der Waals surface area (Å²) in [7, 11) is 0. The molecule has 1 atom stereocenters. The molecule has 4 rings (SSSR count). The number of benzene rings is 1. The van der Waals surface area contributed by atoms with Crippen molar-refractivity contribution in [3.05, 3.63) is 36.4 Å². The SMILES string of the molecule is OC1CN(c2ccc3ccccc3n2)CCN(C2CCOCC2)C1. The summed E-state index contributed by atoms with van der Waals surface area (Å²) in [6.07, 6.45) is 1.80. The molecule has 0 bridgehead atoms. The first kappa shape index (κ1) is 15.8. The van der Waals surface area contributed by atoms with Crippen LogP contribution in [0.3, 0.4) is 0 Å². The number of anilines is 1. The fraction of sp³-hybridized carbons (Fsp3) is 0.526. The van der Waals surface area contributed by atoms with Crippen molar-refractivity contribution in [3.8, 4) is 0 Å². The van der Waals surface area contributed by atoms with Gasteiger partial charge in [0.25, 0.3) is 0 Å². The molecule has 0 saturated carbocycles. The molecule has 1 aromatic carbocycles. The van der Waals surface area contributed by atoms with Crippen LogP contribution in [0.15, 0.2) is 36.4 Å². The van der Waals surface area contributed by atoms with E-state index in [-0.39, 0.29) is 6.10 Å². The lowest BCUT2D eigenvalue weighted by molar-refractivity contribution is 0.0219. The van der Waals surface area contributed by atoms with Crippen LogP contribution in [0, 0.1) is 0 Å². The van der Waals surface area contributed by atoms with Crippen LogP contribution >= 0.6 is 0 Å². The third kappa shape index (κ3) is 3.38. The standard InChI is InChI=1S/C19H25N3O2/c23-17-13-21(16-7-11-24-12-8-16)9-10-22(14-17)19-6-5-15-3-1-2-4-18(15)20-19/h1-6,16-17,23H,7-14H2.